The molecule has 7 heteroatoms. The topological polar surface area (TPSA) is 101 Å². The molecule has 0 bridgehead atoms. The Hall–Kier alpha value is -0.820. The van der Waals surface area contributed by atoms with E-state index in [0.29, 0.717) is 19.5 Å². The van der Waals surface area contributed by atoms with E-state index in [2.05, 4.69) is 10.6 Å². The number of sulfone groups is 1. The van der Waals surface area contributed by atoms with Crippen molar-refractivity contribution < 1.29 is 13.2 Å². The van der Waals surface area contributed by atoms with Crippen LogP contribution in [0.4, 0.5) is 4.79 Å². The molecule has 15 heavy (non-hydrogen) atoms. The molecule has 1 atom stereocenters. The number of rotatable bonds is 3. The van der Waals surface area contributed by atoms with Crippen LogP contribution in [0.2, 0.25) is 0 Å². The van der Waals surface area contributed by atoms with Gasteiger partial charge in [-0.25, -0.2) is 13.2 Å². The van der Waals surface area contributed by atoms with Crippen molar-refractivity contribution in [1.29, 1.82) is 0 Å². The molecule has 1 aliphatic rings. The van der Waals surface area contributed by atoms with Crippen LogP contribution >= 0.6 is 0 Å². The average Bonchev–Trinajstić information content (AvgIpc) is 2.13. The van der Waals surface area contributed by atoms with Crippen molar-refractivity contribution in [3.63, 3.8) is 0 Å². The summed E-state index contributed by atoms with van der Waals surface area (Å²) in [5.74, 6) is 0.276. The summed E-state index contributed by atoms with van der Waals surface area (Å²) >= 11 is 0. The summed E-state index contributed by atoms with van der Waals surface area (Å²) in [6.07, 6.45) is 1.33. The molecule has 0 aromatic heterocycles. The predicted molar refractivity (Wildman–Crippen MR) is 57.3 cm³/mol. The molecular formula is C8H17N3O3S. The quantitative estimate of drug-likeness (QED) is 0.573. The van der Waals surface area contributed by atoms with Gasteiger partial charge >= 0.3 is 6.03 Å². The smallest absolute Gasteiger partial charge is 0.315 e. The Balaban J connectivity index is 2.35. The van der Waals surface area contributed by atoms with E-state index < -0.39 is 9.84 Å². The third kappa shape index (κ3) is 4.48. The molecule has 1 rings (SSSR count). The molecule has 0 aromatic carbocycles. The van der Waals surface area contributed by atoms with E-state index in [1.807, 2.05) is 0 Å². The van der Waals surface area contributed by atoms with Gasteiger partial charge in [0.1, 0.15) is 0 Å². The van der Waals surface area contributed by atoms with Crippen molar-refractivity contribution in [2.75, 3.05) is 24.6 Å². The maximum Gasteiger partial charge on any atom is 0.315 e. The molecule has 0 spiro atoms. The Labute approximate surface area is 89.5 Å². The van der Waals surface area contributed by atoms with E-state index in [0.717, 1.165) is 6.42 Å². The summed E-state index contributed by atoms with van der Waals surface area (Å²) in [4.78, 5) is 11.2. The van der Waals surface area contributed by atoms with Gasteiger partial charge in [0.15, 0.2) is 9.84 Å². The standard InChI is InChI=1S/C8H17N3O3S/c9-3-4-10-8(12)11-7-2-1-5-15(13,14)6-7/h7H,1-6,9H2,(H2,10,11,12). The SMILES string of the molecule is NCCNC(=O)NC1CCCS(=O)(=O)C1. The second-order valence-electron chi connectivity index (χ2n) is 3.64. The lowest BCUT2D eigenvalue weighted by molar-refractivity contribution is 0.237. The lowest BCUT2D eigenvalue weighted by Gasteiger charge is -2.22. The highest BCUT2D eigenvalue weighted by molar-refractivity contribution is 7.91. The van der Waals surface area contributed by atoms with Crippen molar-refractivity contribution >= 4 is 15.9 Å². The Morgan fingerprint density at radius 1 is 1.47 bits per heavy atom. The summed E-state index contributed by atoms with van der Waals surface area (Å²) < 4.78 is 22.5. The third-order valence-electron chi connectivity index (χ3n) is 2.23. The van der Waals surface area contributed by atoms with Crippen LogP contribution in [0.15, 0.2) is 0 Å². The third-order valence-corrected chi connectivity index (χ3v) is 4.05. The molecule has 0 aromatic rings. The Morgan fingerprint density at radius 3 is 2.80 bits per heavy atom. The molecule has 0 radical (unpaired) electrons. The number of hydrogen-bond acceptors (Lipinski definition) is 4. The zero-order valence-corrected chi connectivity index (χ0v) is 9.35. The van der Waals surface area contributed by atoms with Gasteiger partial charge in [-0.05, 0) is 12.8 Å². The lowest BCUT2D eigenvalue weighted by Crippen LogP contribution is -2.48. The average molecular weight is 235 g/mol. The van der Waals surface area contributed by atoms with Gasteiger partial charge in [-0.2, -0.15) is 0 Å². The minimum atomic E-state index is -2.97. The molecule has 0 aliphatic carbocycles. The Morgan fingerprint density at radius 2 is 2.20 bits per heavy atom. The molecular weight excluding hydrogens is 218 g/mol. The molecule has 1 heterocycles. The number of urea groups is 1. The van der Waals surface area contributed by atoms with Gasteiger partial charge in [0.25, 0.3) is 0 Å². The first-order valence-electron chi connectivity index (χ1n) is 4.98. The van der Waals surface area contributed by atoms with Gasteiger partial charge in [0.05, 0.1) is 11.5 Å². The number of nitrogens with two attached hydrogens (primary N) is 1. The first-order valence-corrected chi connectivity index (χ1v) is 6.80. The lowest BCUT2D eigenvalue weighted by atomic mass is 10.2. The maximum absolute atomic E-state index is 11.3. The summed E-state index contributed by atoms with van der Waals surface area (Å²) in [7, 11) is -2.97. The van der Waals surface area contributed by atoms with Crippen LogP contribution in [0, 0.1) is 0 Å². The van der Waals surface area contributed by atoms with Crippen molar-refractivity contribution in [2.45, 2.75) is 18.9 Å². The Bertz CT molecular complexity index is 315. The van der Waals surface area contributed by atoms with Crippen LogP contribution in [0.1, 0.15) is 12.8 Å². The van der Waals surface area contributed by atoms with Crippen LogP contribution < -0.4 is 16.4 Å². The monoisotopic (exact) mass is 235 g/mol. The molecule has 2 amide bonds. The maximum atomic E-state index is 11.3. The predicted octanol–water partition coefficient (Wildman–Crippen LogP) is -1.18. The van der Waals surface area contributed by atoms with Gasteiger partial charge in [0.2, 0.25) is 0 Å². The number of carbonyl (C=O) groups excluding carboxylic acids is 1. The van der Waals surface area contributed by atoms with Gasteiger partial charge in [-0.3, -0.25) is 0 Å². The van der Waals surface area contributed by atoms with Crippen molar-refractivity contribution in [3.05, 3.63) is 0 Å². The highest BCUT2D eigenvalue weighted by atomic mass is 32.2. The first-order chi connectivity index (χ1) is 7.03. The number of carbonyl (C=O) groups is 1. The van der Waals surface area contributed by atoms with Gasteiger partial charge in [0, 0.05) is 19.1 Å². The summed E-state index contributed by atoms with van der Waals surface area (Å²) in [6, 6.07) is -0.607. The van der Waals surface area contributed by atoms with Crippen molar-refractivity contribution in [3.8, 4) is 0 Å². The van der Waals surface area contributed by atoms with E-state index in [1.54, 1.807) is 0 Å². The zero-order valence-electron chi connectivity index (χ0n) is 8.53. The molecule has 1 aliphatic heterocycles. The molecule has 6 nitrogen and oxygen atoms in total. The number of hydrogen-bond donors (Lipinski definition) is 3. The fourth-order valence-electron chi connectivity index (χ4n) is 1.56. The molecule has 1 saturated heterocycles. The fourth-order valence-corrected chi connectivity index (χ4v) is 3.20. The second-order valence-corrected chi connectivity index (χ2v) is 5.87. The van der Waals surface area contributed by atoms with Crippen molar-refractivity contribution in [1.82, 2.24) is 10.6 Å². The van der Waals surface area contributed by atoms with Gasteiger partial charge < -0.3 is 16.4 Å². The van der Waals surface area contributed by atoms with Crippen LogP contribution in [0.3, 0.4) is 0 Å². The second kappa shape index (κ2) is 5.32. The summed E-state index contributed by atoms with van der Waals surface area (Å²) in [6.45, 7) is 0.766. The molecule has 1 unspecified atom stereocenters. The fraction of sp³-hybridized carbons (Fsp3) is 0.875. The largest absolute Gasteiger partial charge is 0.337 e. The van der Waals surface area contributed by atoms with Crippen LogP contribution in [0.5, 0.6) is 0 Å². The number of amides is 2. The van der Waals surface area contributed by atoms with E-state index in [9.17, 15) is 13.2 Å². The van der Waals surface area contributed by atoms with Crippen LogP contribution in [0.25, 0.3) is 0 Å². The van der Waals surface area contributed by atoms with Crippen LogP contribution in [-0.2, 0) is 9.84 Å². The summed E-state index contributed by atoms with van der Waals surface area (Å²) in [5.41, 5.74) is 5.21. The zero-order chi connectivity index (χ0) is 11.3. The van der Waals surface area contributed by atoms with E-state index in [-0.39, 0.29) is 23.6 Å². The van der Waals surface area contributed by atoms with Crippen LogP contribution in [-0.4, -0.2) is 45.1 Å². The van der Waals surface area contributed by atoms with Crippen molar-refractivity contribution in [2.24, 2.45) is 5.73 Å². The van der Waals surface area contributed by atoms with Gasteiger partial charge in [-0.15, -0.1) is 0 Å². The van der Waals surface area contributed by atoms with E-state index >= 15 is 0 Å². The highest BCUT2D eigenvalue weighted by Gasteiger charge is 2.25. The first kappa shape index (κ1) is 12.3. The molecule has 88 valence electrons. The Kier molecular flexibility index (Phi) is 4.34. The normalized spacial score (nSPS) is 24.5. The molecule has 1 fully saturated rings. The molecule has 4 N–H and O–H groups in total. The minimum absolute atomic E-state index is 0.0447. The van der Waals surface area contributed by atoms with E-state index in [1.165, 1.54) is 0 Å². The summed E-state index contributed by atoms with van der Waals surface area (Å²) in [5, 5.41) is 5.16. The highest BCUT2D eigenvalue weighted by Crippen LogP contribution is 2.11. The number of nitrogens with one attached hydrogen (secondary N) is 2. The molecule has 0 saturated carbocycles. The minimum Gasteiger partial charge on any atom is -0.337 e. The van der Waals surface area contributed by atoms with Gasteiger partial charge in [-0.1, -0.05) is 0 Å². The van der Waals surface area contributed by atoms with E-state index in [4.69, 9.17) is 5.73 Å².